The second-order valence-corrected chi connectivity index (χ2v) is 11.9. The van der Waals surface area contributed by atoms with Gasteiger partial charge < -0.3 is 0 Å². The summed E-state index contributed by atoms with van der Waals surface area (Å²) in [6.07, 6.45) is 3.67. The quantitative estimate of drug-likeness (QED) is 0.143. The number of fused-ring (bicyclic) bond motifs is 4. The molecule has 0 saturated heterocycles. The van der Waals surface area contributed by atoms with E-state index in [-0.39, 0.29) is 0 Å². The molecule has 0 spiro atoms. The number of hydrogen-bond donors (Lipinski definition) is 0. The van der Waals surface area contributed by atoms with Gasteiger partial charge in [-0.15, -0.1) is 0 Å². The summed E-state index contributed by atoms with van der Waals surface area (Å²) >= 11 is 0. The van der Waals surface area contributed by atoms with Crippen molar-refractivity contribution in [1.29, 1.82) is 0 Å². The molecular formula is C44H28N4. The number of benzene rings is 5. The molecule has 224 valence electrons. The number of pyridine rings is 4. The maximum Gasteiger partial charge on any atom is 0.0978 e. The zero-order valence-corrected chi connectivity index (χ0v) is 26.0. The van der Waals surface area contributed by atoms with Crippen molar-refractivity contribution < 1.29 is 0 Å². The molecule has 0 unspecified atom stereocenters. The van der Waals surface area contributed by atoms with Crippen LogP contribution in [0.15, 0.2) is 170 Å². The molecule has 0 amide bonds. The maximum atomic E-state index is 5.19. The highest BCUT2D eigenvalue weighted by atomic mass is 14.8. The van der Waals surface area contributed by atoms with E-state index in [2.05, 4.69) is 113 Å². The highest BCUT2D eigenvalue weighted by Gasteiger charge is 2.16. The molecule has 4 nitrogen and oxygen atoms in total. The Hall–Kier alpha value is -6.52. The van der Waals surface area contributed by atoms with Crippen LogP contribution in [0.5, 0.6) is 0 Å². The SMILES string of the molecule is c1ccc(-c2ccc3ccc4c(-c5ccc(-c6cc(-c7ccccn7)cc(-c7ccccn7)c6)cc5)c5ccccc5nc4c3n2)cc1. The van der Waals surface area contributed by atoms with E-state index in [1.807, 2.05) is 67.0 Å². The molecule has 0 atom stereocenters. The molecule has 0 fully saturated rings. The first kappa shape index (κ1) is 27.8. The van der Waals surface area contributed by atoms with Gasteiger partial charge in [0, 0.05) is 50.8 Å². The Morgan fingerprint density at radius 1 is 0.333 bits per heavy atom. The predicted molar refractivity (Wildman–Crippen MR) is 197 cm³/mol. The number of para-hydroxylation sites is 1. The van der Waals surface area contributed by atoms with Gasteiger partial charge in [0.15, 0.2) is 0 Å². The Morgan fingerprint density at radius 2 is 0.958 bits per heavy atom. The van der Waals surface area contributed by atoms with Crippen LogP contribution in [-0.4, -0.2) is 19.9 Å². The molecular weight excluding hydrogens is 585 g/mol. The van der Waals surface area contributed by atoms with Crippen LogP contribution in [-0.2, 0) is 0 Å². The highest BCUT2D eigenvalue weighted by Crippen LogP contribution is 2.39. The molecule has 0 aliphatic rings. The van der Waals surface area contributed by atoms with Crippen LogP contribution in [0.25, 0.3) is 88.7 Å². The summed E-state index contributed by atoms with van der Waals surface area (Å²) in [7, 11) is 0. The first-order valence-electron chi connectivity index (χ1n) is 16.0. The first-order chi connectivity index (χ1) is 23.8. The Kier molecular flexibility index (Phi) is 6.76. The van der Waals surface area contributed by atoms with E-state index < -0.39 is 0 Å². The third-order valence-electron chi connectivity index (χ3n) is 8.94. The molecule has 48 heavy (non-hydrogen) atoms. The lowest BCUT2D eigenvalue weighted by molar-refractivity contribution is 1.31. The average Bonchev–Trinajstić information content (AvgIpc) is 3.17. The number of rotatable bonds is 5. The fourth-order valence-corrected chi connectivity index (χ4v) is 6.60. The Balaban J connectivity index is 1.21. The van der Waals surface area contributed by atoms with Crippen LogP contribution in [0.4, 0.5) is 0 Å². The van der Waals surface area contributed by atoms with Crippen molar-refractivity contribution in [3.05, 3.63) is 170 Å². The van der Waals surface area contributed by atoms with E-state index in [1.165, 1.54) is 0 Å². The van der Waals surface area contributed by atoms with Gasteiger partial charge in [-0.1, -0.05) is 103 Å². The lowest BCUT2D eigenvalue weighted by atomic mass is 9.92. The summed E-state index contributed by atoms with van der Waals surface area (Å²) in [6, 6.07) is 54.8. The summed E-state index contributed by atoms with van der Waals surface area (Å²) < 4.78 is 0. The monoisotopic (exact) mass is 612 g/mol. The van der Waals surface area contributed by atoms with Crippen LogP contribution in [0.3, 0.4) is 0 Å². The third kappa shape index (κ3) is 4.97. The van der Waals surface area contributed by atoms with Crippen LogP contribution < -0.4 is 0 Å². The maximum absolute atomic E-state index is 5.19. The summed E-state index contributed by atoms with van der Waals surface area (Å²) in [5.74, 6) is 0. The molecule has 9 aromatic rings. The standard InChI is InChI=1S/C44H28N4/c1-2-10-30(11-3-1)40-23-21-32-20-22-37-42(36-12-4-5-15-41(36)48-44(37)43(32)47-40)31-18-16-29(17-19-31)33-26-34(38-13-6-8-24-45-38)28-35(27-33)39-14-7-9-25-46-39/h1-28H. The fourth-order valence-electron chi connectivity index (χ4n) is 6.60. The number of aromatic nitrogens is 4. The molecule has 0 saturated carbocycles. The fraction of sp³-hybridized carbons (Fsp3) is 0. The Bertz CT molecular complexity index is 2520. The lowest BCUT2D eigenvalue weighted by Gasteiger charge is -2.14. The minimum Gasteiger partial charge on any atom is -0.256 e. The molecule has 4 aromatic heterocycles. The highest BCUT2D eigenvalue weighted by molar-refractivity contribution is 6.16. The van der Waals surface area contributed by atoms with Gasteiger partial charge in [0.25, 0.3) is 0 Å². The van der Waals surface area contributed by atoms with Crippen LogP contribution >= 0.6 is 0 Å². The van der Waals surface area contributed by atoms with Crippen molar-refractivity contribution in [3.63, 3.8) is 0 Å². The zero-order chi connectivity index (χ0) is 31.9. The van der Waals surface area contributed by atoms with Gasteiger partial charge >= 0.3 is 0 Å². The van der Waals surface area contributed by atoms with Crippen molar-refractivity contribution in [3.8, 4) is 56.0 Å². The first-order valence-corrected chi connectivity index (χ1v) is 16.0. The van der Waals surface area contributed by atoms with E-state index in [1.54, 1.807) is 0 Å². The molecule has 4 heterocycles. The second kappa shape index (κ2) is 11.7. The van der Waals surface area contributed by atoms with Gasteiger partial charge in [0.2, 0.25) is 0 Å². The van der Waals surface area contributed by atoms with E-state index >= 15 is 0 Å². The molecule has 0 bridgehead atoms. The minimum atomic E-state index is 0.908. The Morgan fingerprint density at radius 3 is 1.67 bits per heavy atom. The predicted octanol–water partition coefficient (Wildman–Crippen LogP) is 11.1. The molecule has 0 aliphatic heterocycles. The summed E-state index contributed by atoms with van der Waals surface area (Å²) in [4.78, 5) is 19.6. The van der Waals surface area contributed by atoms with Crippen molar-refractivity contribution in [2.45, 2.75) is 0 Å². The topological polar surface area (TPSA) is 51.6 Å². The molecule has 4 heteroatoms. The molecule has 5 aromatic carbocycles. The molecule has 0 radical (unpaired) electrons. The van der Waals surface area contributed by atoms with E-state index in [0.717, 1.165) is 88.7 Å². The van der Waals surface area contributed by atoms with E-state index in [9.17, 15) is 0 Å². The van der Waals surface area contributed by atoms with Crippen molar-refractivity contribution in [2.24, 2.45) is 0 Å². The van der Waals surface area contributed by atoms with Gasteiger partial charge in [-0.25, -0.2) is 9.97 Å². The second-order valence-electron chi connectivity index (χ2n) is 11.9. The van der Waals surface area contributed by atoms with Gasteiger partial charge in [0.1, 0.15) is 0 Å². The van der Waals surface area contributed by atoms with Crippen LogP contribution in [0.1, 0.15) is 0 Å². The van der Waals surface area contributed by atoms with Gasteiger partial charge in [-0.2, -0.15) is 0 Å². The Labute approximate surface area is 278 Å². The zero-order valence-electron chi connectivity index (χ0n) is 26.0. The minimum absolute atomic E-state index is 0.908. The van der Waals surface area contributed by atoms with Crippen LogP contribution in [0, 0.1) is 0 Å². The third-order valence-corrected chi connectivity index (χ3v) is 8.94. The molecule has 0 aliphatic carbocycles. The summed E-state index contributed by atoms with van der Waals surface area (Å²) in [5, 5.41) is 3.27. The number of hydrogen-bond acceptors (Lipinski definition) is 4. The molecule has 0 N–H and O–H groups in total. The van der Waals surface area contributed by atoms with Gasteiger partial charge in [-0.05, 0) is 71.3 Å². The molecule has 9 rings (SSSR count). The van der Waals surface area contributed by atoms with Crippen molar-refractivity contribution >= 4 is 32.7 Å². The van der Waals surface area contributed by atoms with E-state index in [0.29, 0.717) is 0 Å². The average molecular weight is 613 g/mol. The smallest absolute Gasteiger partial charge is 0.0978 e. The number of nitrogens with zero attached hydrogens (tertiary/aromatic N) is 4. The normalized spacial score (nSPS) is 11.3. The largest absolute Gasteiger partial charge is 0.256 e. The van der Waals surface area contributed by atoms with Crippen LogP contribution in [0.2, 0.25) is 0 Å². The van der Waals surface area contributed by atoms with E-state index in [4.69, 9.17) is 9.97 Å². The van der Waals surface area contributed by atoms with Gasteiger partial charge in [0.05, 0.1) is 33.6 Å². The van der Waals surface area contributed by atoms with Gasteiger partial charge in [-0.3, -0.25) is 9.97 Å². The summed E-state index contributed by atoms with van der Waals surface area (Å²) in [5.41, 5.74) is 13.3. The van der Waals surface area contributed by atoms with Crippen molar-refractivity contribution in [1.82, 2.24) is 19.9 Å². The van der Waals surface area contributed by atoms with Crippen molar-refractivity contribution in [2.75, 3.05) is 0 Å². The summed E-state index contributed by atoms with van der Waals surface area (Å²) in [6.45, 7) is 0. The lowest BCUT2D eigenvalue weighted by Crippen LogP contribution is -1.93.